The van der Waals surface area contributed by atoms with Gasteiger partial charge in [0, 0.05) is 5.69 Å². The van der Waals surface area contributed by atoms with Crippen LogP contribution < -0.4 is 10.9 Å². The monoisotopic (exact) mass is 524 g/mol. The fourth-order valence-electron chi connectivity index (χ4n) is 3.79. The highest BCUT2D eigenvalue weighted by Gasteiger charge is 2.46. The summed E-state index contributed by atoms with van der Waals surface area (Å²) in [7, 11) is -12.3. The van der Waals surface area contributed by atoms with E-state index in [4.69, 9.17) is 13.1 Å². The lowest BCUT2D eigenvalue weighted by molar-refractivity contribution is -0.00333. The molecule has 0 spiro atoms. The van der Waals surface area contributed by atoms with Crippen LogP contribution in [0.2, 0.25) is 0 Å². The second kappa shape index (κ2) is 13.0. The molecule has 0 saturated heterocycles. The minimum atomic E-state index is -4.15. The van der Waals surface area contributed by atoms with Crippen molar-refractivity contribution in [3.05, 3.63) is 30.3 Å². The first kappa shape index (κ1) is 28.7. The third-order valence-electron chi connectivity index (χ3n) is 5.19. The predicted octanol–water partition coefficient (Wildman–Crippen LogP) is 7.11. The van der Waals surface area contributed by atoms with Crippen LogP contribution in [0.25, 0.3) is 0 Å². The molecule has 1 aromatic carbocycles. The number of rotatable bonds is 15. The molecule has 3 unspecified atom stereocenters. The Hall–Kier alpha value is -0.490. The van der Waals surface area contributed by atoms with Crippen molar-refractivity contribution in [1.29, 1.82) is 0 Å². The van der Waals surface area contributed by atoms with Gasteiger partial charge in [0.15, 0.2) is 0 Å². The van der Waals surface area contributed by atoms with Crippen LogP contribution in [0.15, 0.2) is 30.3 Å². The van der Waals surface area contributed by atoms with Gasteiger partial charge in [-0.05, 0) is 57.1 Å². The molecule has 0 aliphatic heterocycles. The highest BCUT2D eigenvalue weighted by atomic mass is 31.3. The topological polar surface area (TPSA) is 123 Å². The number of benzene rings is 1. The summed E-state index contributed by atoms with van der Waals surface area (Å²) in [5.74, 6) is 0. The van der Waals surface area contributed by atoms with Gasteiger partial charge in [0.25, 0.3) is 0 Å². The Bertz CT molecular complexity index is 863. The summed E-state index contributed by atoms with van der Waals surface area (Å²) in [6.45, 7) is 5.30. The van der Waals surface area contributed by atoms with E-state index in [1.165, 1.54) is 0 Å². The first-order chi connectivity index (χ1) is 15.6. The Morgan fingerprint density at radius 2 is 1.42 bits per heavy atom. The number of hydrogen-bond donors (Lipinski definition) is 3. The molecule has 0 heterocycles. The van der Waals surface area contributed by atoms with Gasteiger partial charge in [-0.1, -0.05) is 45.4 Å². The molecule has 0 bridgehead atoms. The first-order valence-corrected chi connectivity index (χ1v) is 17.0. The maximum atomic E-state index is 13.9. The smallest absolute Gasteiger partial charge is 0.324 e. The van der Waals surface area contributed by atoms with Crippen molar-refractivity contribution in [3.63, 3.8) is 0 Å². The molecule has 0 radical (unpaired) electrons. The van der Waals surface area contributed by atoms with Crippen molar-refractivity contribution in [2.45, 2.75) is 77.9 Å². The molecule has 33 heavy (non-hydrogen) atoms. The van der Waals surface area contributed by atoms with Gasteiger partial charge >= 0.3 is 22.8 Å². The molecule has 0 amide bonds. The standard InChI is InChI=1S/C21H39N2O7P3/c1-4-17-31(24,25)29-33(27,19-6-3)30-32(26,18-5-2)28-21(15-11-8-12-16-21)23-22-20-13-9-7-10-14-20/h7,9-10,13-14,22-23H,4-6,8,11-12,15-19H2,1-3H3,(H,24,25). The normalized spacial score (nSPS) is 21.5. The zero-order chi connectivity index (χ0) is 24.4. The highest BCUT2D eigenvalue weighted by Crippen LogP contribution is 2.72. The van der Waals surface area contributed by atoms with E-state index in [0.29, 0.717) is 32.1 Å². The van der Waals surface area contributed by atoms with E-state index < -0.39 is 28.5 Å². The summed E-state index contributed by atoms with van der Waals surface area (Å²) < 4.78 is 56.7. The van der Waals surface area contributed by atoms with Crippen LogP contribution in [-0.2, 0) is 26.8 Å². The minimum Gasteiger partial charge on any atom is -0.324 e. The number of para-hydroxylation sites is 1. The van der Waals surface area contributed by atoms with E-state index in [0.717, 1.165) is 24.9 Å². The summed E-state index contributed by atoms with van der Waals surface area (Å²) in [6, 6.07) is 9.48. The van der Waals surface area contributed by atoms with E-state index in [-0.39, 0.29) is 18.5 Å². The lowest BCUT2D eigenvalue weighted by Gasteiger charge is -2.40. The number of anilines is 1. The molecule has 1 aliphatic carbocycles. The molecule has 2 rings (SSSR count). The highest BCUT2D eigenvalue weighted by molar-refractivity contribution is 7.72. The summed E-state index contributed by atoms with van der Waals surface area (Å²) in [6.07, 6.45) is 4.85. The first-order valence-electron chi connectivity index (χ1n) is 11.8. The zero-order valence-corrected chi connectivity index (χ0v) is 22.6. The fourth-order valence-corrected chi connectivity index (χ4v) is 11.2. The van der Waals surface area contributed by atoms with Gasteiger partial charge in [-0.2, -0.15) is 0 Å². The Balaban J connectivity index is 2.27. The molecule has 3 N–H and O–H groups in total. The molecule has 1 aliphatic rings. The Morgan fingerprint density at radius 3 is 2.00 bits per heavy atom. The minimum absolute atomic E-state index is 0.0162. The van der Waals surface area contributed by atoms with Crippen molar-refractivity contribution in [2.24, 2.45) is 0 Å². The molecular formula is C21H39N2O7P3. The molecule has 9 nitrogen and oxygen atoms in total. The van der Waals surface area contributed by atoms with Gasteiger partial charge in [-0.3, -0.25) is 18.2 Å². The van der Waals surface area contributed by atoms with E-state index >= 15 is 0 Å². The van der Waals surface area contributed by atoms with Crippen molar-refractivity contribution in [1.82, 2.24) is 5.43 Å². The summed E-state index contributed by atoms with van der Waals surface area (Å²) in [4.78, 5) is 10.1. The SMILES string of the molecule is CCCP(=O)(O)OP(=O)(CCC)OP(=O)(CCC)OC1(NNc2ccccc2)CCCCC1. The molecule has 0 aromatic heterocycles. The fraction of sp³-hybridized carbons (Fsp3) is 0.714. The number of hydrogen-bond acceptors (Lipinski definition) is 8. The van der Waals surface area contributed by atoms with Gasteiger partial charge in [-0.25, -0.2) is 14.0 Å². The van der Waals surface area contributed by atoms with Gasteiger partial charge in [0.1, 0.15) is 5.72 Å². The van der Waals surface area contributed by atoms with E-state index in [1.807, 2.05) is 37.3 Å². The predicted molar refractivity (Wildman–Crippen MR) is 133 cm³/mol. The molecule has 1 saturated carbocycles. The summed E-state index contributed by atoms with van der Waals surface area (Å²) in [5.41, 5.74) is 6.14. The van der Waals surface area contributed by atoms with Gasteiger partial charge < -0.3 is 10.3 Å². The third-order valence-corrected chi connectivity index (χ3v) is 12.8. The molecule has 190 valence electrons. The molecule has 1 fully saturated rings. The Morgan fingerprint density at radius 1 is 0.848 bits per heavy atom. The molecular weight excluding hydrogens is 485 g/mol. The van der Waals surface area contributed by atoms with E-state index in [2.05, 4.69) is 10.9 Å². The van der Waals surface area contributed by atoms with Gasteiger partial charge in [0.05, 0.1) is 18.5 Å². The molecule has 1 aromatic rings. The quantitative estimate of drug-likeness (QED) is 0.125. The van der Waals surface area contributed by atoms with Crippen LogP contribution in [0.3, 0.4) is 0 Å². The third kappa shape index (κ3) is 9.58. The zero-order valence-electron chi connectivity index (χ0n) is 19.9. The van der Waals surface area contributed by atoms with Crippen molar-refractivity contribution in [3.8, 4) is 0 Å². The number of nitrogens with one attached hydrogen (secondary N) is 2. The molecule has 3 atom stereocenters. The lowest BCUT2D eigenvalue weighted by atomic mass is 9.92. The van der Waals surface area contributed by atoms with Crippen molar-refractivity contribution in [2.75, 3.05) is 23.9 Å². The van der Waals surface area contributed by atoms with E-state index in [1.54, 1.807) is 13.8 Å². The lowest BCUT2D eigenvalue weighted by Crippen LogP contribution is -2.51. The summed E-state index contributed by atoms with van der Waals surface area (Å²) >= 11 is 0. The molecule has 12 heteroatoms. The van der Waals surface area contributed by atoms with Gasteiger partial charge in [-0.15, -0.1) is 0 Å². The maximum Gasteiger partial charge on any atom is 0.344 e. The second-order valence-electron chi connectivity index (χ2n) is 8.46. The van der Waals surface area contributed by atoms with Gasteiger partial charge in [0.2, 0.25) is 0 Å². The van der Waals surface area contributed by atoms with Crippen LogP contribution >= 0.6 is 22.8 Å². The average Bonchev–Trinajstić information content (AvgIpc) is 2.73. The van der Waals surface area contributed by atoms with E-state index in [9.17, 15) is 18.6 Å². The Kier molecular flexibility index (Phi) is 11.3. The van der Waals surface area contributed by atoms with Crippen LogP contribution in [0, 0.1) is 0 Å². The largest absolute Gasteiger partial charge is 0.344 e. The van der Waals surface area contributed by atoms with Crippen molar-refractivity contribution >= 4 is 28.5 Å². The second-order valence-corrected chi connectivity index (χ2v) is 15.0. The van der Waals surface area contributed by atoms with Crippen LogP contribution in [0.4, 0.5) is 5.69 Å². The van der Waals surface area contributed by atoms with Crippen LogP contribution in [0.5, 0.6) is 0 Å². The average molecular weight is 524 g/mol. The van der Waals surface area contributed by atoms with Crippen molar-refractivity contribution < 1.29 is 31.7 Å². The van der Waals surface area contributed by atoms with Crippen LogP contribution in [0.1, 0.15) is 72.1 Å². The maximum absolute atomic E-state index is 13.9. The Labute approximate surface area is 197 Å². The number of hydrazine groups is 1. The van der Waals surface area contributed by atoms with Crippen LogP contribution in [-0.4, -0.2) is 29.1 Å². The summed E-state index contributed by atoms with van der Waals surface area (Å²) in [5, 5.41) is 0.